The lowest BCUT2D eigenvalue weighted by atomic mass is 10.00. The zero-order valence-corrected chi connectivity index (χ0v) is 18.8. The van der Waals surface area contributed by atoms with Crippen molar-refractivity contribution >= 4 is 11.9 Å². The average Bonchev–Trinajstić information content (AvgIpc) is 2.82. The molecule has 0 amide bonds. The molecule has 0 aliphatic heterocycles. The van der Waals surface area contributed by atoms with Crippen LogP contribution in [0.3, 0.4) is 0 Å². The number of ether oxygens (including phenoxy) is 3. The first-order valence-electron chi connectivity index (χ1n) is 10.3. The molecular weight excluding hydrogens is 435 g/mol. The Morgan fingerprint density at radius 3 is 1.82 bits per heavy atom. The topological polar surface area (TPSA) is 61.8 Å². The number of carbonyl (C=O) groups excluding carboxylic acids is 2. The quantitative estimate of drug-likeness (QED) is 0.164. The molecule has 172 valence electrons. The zero-order valence-electron chi connectivity index (χ0n) is 18.8. The van der Waals surface area contributed by atoms with E-state index >= 15 is 0 Å². The predicted molar refractivity (Wildman–Crippen MR) is 128 cm³/mol. The number of hydrogen-bond donors (Lipinski definition) is 0. The molecule has 0 aromatic heterocycles. The van der Waals surface area contributed by atoms with Gasteiger partial charge in [0.1, 0.15) is 29.8 Å². The van der Waals surface area contributed by atoms with Gasteiger partial charge in [-0.3, -0.25) is 0 Å². The molecule has 0 fully saturated rings. The van der Waals surface area contributed by atoms with Crippen LogP contribution in [-0.2, 0) is 14.3 Å². The molecule has 0 aliphatic rings. The van der Waals surface area contributed by atoms with E-state index in [0.717, 1.165) is 23.7 Å². The molecule has 0 N–H and O–H groups in total. The third-order valence-electron chi connectivity index (χ3n) is 4.67. The smallest absolute Gasteiger partial charge is 0.338 e. The minimum absolute atomic E-state index is 0.257. The first kappa shape index (κ1) is 24.2. The summed E-state index contributed by atoms with van der Waals surface area (Å²) >= 11 is 0. The Morgan fingerprint density at radius 1 is 0.735 bits per heavy atom. The van der Waals surface area contributed by atoms with E-state index in [0.29, 0.717) is 22.4 Å². The third-order valence-corrected chi connectivity index (χ3v) is 4.67. The van der Waals surface area contributed by atoms with Crippen molar-refractivity contribution in [2.24, 2.45) is 0 Å². The fourth-order valence-electron chi connectivity index (χ4n) is 2.85. The zero-order chi connectivity index (χ0) is 24.7. The van der Waals surface area contributed by atoms with Gasteiger partial charge in [0.15, 0.2) is 0 Å². The highest BCUT2D eigenvalue weighted by Gasteiger charge is 2.09. The molecule has 5 nitrogen and oxygen atoms in total. The number of hydrogen-bond acceptors (Lipinski definition) is 5. The molecule has 3 rings (SSSR count). The van der Waals surface area contributed by atoms with Crippen molar-refractivity contribution in [2.75, 3.05) is 0 Å². The maximum atomic E-state index is 14.7. The Kier molecular flexibility index (Phi) is 7.77. The predicted octanol–water partition coefficient (Wildman–Crippen LogP) is 6.61. The van der Waals surface area contributed by atoms with E-state index in [-0.39, 0.29) is 11.3 Å². The molecule has 0 radical (unpaired) electrons. The van der Waals surface area contributed by atoms with E-state index in [1.54, 1.807) is 31.2 Å². The van der Waals surface area contributed by atoms with Crippen molar-refractivity contribution < 1.29 is 28.2 Å². The largest absolute Gasteiger partial charge is 0.462 e. The van der Waals surface area contributed by atoms with Gasteiger partial charge in [-0.15, -0.1) is 0 Å². The Balaban J connectivity index is 1.67. The molecule has 6 heteroatoms. The van der Waals surface area contributed by atoms with Crippen molar-refractivity contribution in [1.29, 1.82) is 0 Å². The van der Waals surface area contributed by atoms with Gasteiger partial charge >= 0.3 is 11.9 Å². The summed E-state index contributed by atoms with van der Waals surface area (Å²) in [6.45, 7) is 10.1. The molecule has 0 bridgehead atoms. The van der Waals surface area contributed by atoms with E-state index in [1.807, 2.05) is 36.4 Å². The highest BCUT2D eigenvalue weighted by atomic mass is 19.1. The van der Waals surface area contributed by atoms with Gasteiger partial charge in [-0.05, 0) is 54.8 Å². The first-order valence-corrected chi connectivity index (χ1v) is 10.3. The van der Waals surface area contributed by atoms with Gasteiger partial charge in [-0.25, -0.2) is 14.0 Å². The molecule has 0 saturated heterocycles. The van der Waals surface area contributed by atoms with Crippen LogP contribution in [0.4, 0.5) is 4.39 Å². The molecule has 0 aliphatic carbocycles. The van der Waals surface area contributed by atoms with Gasteiger partial charge in [0, 0.05) is 22.8 Å². The molecular formula is C28H23FO5. The second-order valence-corrected chi connectivity index (χ2v) is 7.49. The van der Waals surface area contributed by atoms with Crippen LogP contribution >= 0.6 is 0 Å². The summed E-state index contributed by atoms with van der Waals surface area (Å²) in [5, 5.41) is 0. The summed E-state index contributed by atoms with van der Waals surface area (Å²) in [6.07, 6.45) is 2.22. The van der Waals surface area contributed by atoms with Gasteiger partial charge in [-0.1, -0.05) is 49.6 Å². The summed E-state index contributed by atoms with van der Waals surface area (Å²) in [6, 6.07) is 19.0. The lowest BCUT2D eigenvalue weighted by Gasteiger charge is -2.09. The van der Waals surface area contributed by atoms with Crippen molar-refractivity contribution in [2.45, 2.75) is 13.8 Å². The lowest BCUT2D eigenvalue weighted by Crippen LogP contribution is -2.07. The van der Waals surface area contributed by atoms with E-state index in [4.69, 9.17) is 14.2 Å². The Hall–Kier alpha value is -4.45. The van der Waals surface area contributed by atoms with Gasteiger partial charge in [0.2, 0.25) is 0 Å². The Bertz CT molecular complexity index is 1250. The van der Waals surface area contributed by atoms with Crippen LogP contribution in [0.25, 0.3) is 22.3 Å². The highest BCUT2D eigenvalue weighted by Crippen LogP contribution is 2.29. The fourth-order valence-corrected chi connectivity index (χ4v) is 2.85. The summed E-state index contributed by atoms with van der Waals surface area (Å²) in [5.41, 5.74) is 3.55. The summed E-state index contributed by atoms with van der Waals surface area (Å²) < 4.78 is 29.9. The number of halogens is 1. The molecule has 0 heterocycles. The molecule has 0 saturated carbocycles. The van der Waals surface area contributed by atoms with E-state index in [1.165, 1.54) is 13.0 Å². The Morgan fingerprint density at radius 2 is 1.26 bits per heavy atom. The van der Waals surface area contributed by atoms with Crippen molar-refractivity contribution in [3.63, 3.8) is 0 Å². The first-order chi connectivity index (χ1) is 16.2. The summed E-state index contributed by atoms with van der Waals surface area (Å²) in [7, 11) is 0. The molecule has 34 heavy (non-hydrogen) atoms. The fraction of sp³-hybridized carbons (Fsp3) is 0.0714. The van der Waals surface area contributed by atoms with Gasteiger partial charge < -0.3 is 14.2 Å². The number of rotatable bonds is 8. The second-order valence-electron chi connectivity index (χ2n) is 7.49. The van der Waals surface area contributed by atoms with E-state index in [9.17, 15) is 14.0 Å². The SMILES string of the molecule is C=C(C)C(=O)OC=COc1ccc(-c2ccc(-c3ccc(OC(=O)C(=C)C)cc3)cc2)c(F)c1. The van der Waals surface area contributed by atoms with Crippen LogP contribution in [0.5, 0.6) is 11.5 Å². The van der Waals surface area contributed by atoms with Crippen molar-refractivity contribution in [3.8, 4) is 33.8 Å². The summed E-state index contributed by atoms with van der Waals surface area (Å²) in [5.74, 6) is -0.819. The highest BCUT2D eigenvalue weighted by molar-refractivity contribution is 5.89. The van der Waals surface area contributed by atoms with Crippen LogP contribution < -0.4 is 9.47 Å². The van der Waals surface area contributed by atoms with Crippen molar-refractivity contribution in [1.82, 2.24) is 0 Å². The minimum atomic E-state index is -0.577. The minimum Gasteiger partial charge on any atom is -0.462 e. The number of carbonyl (C=O) groups is 2. The molecule has 3 aromatic rings. The molecule has 3 aromatic carbocycles. The standard InChI is InChI=1S/C28H23FO5/c1-18(2)27(30)33-16-15-32-24-13-14-25(26(29)17-24)22-7-5-20(6-8-22)21-9-11-23(12-10-21)34-28(31)19(3)4/h5-17H,1,3H2,2,4H3. The van der Waals surface area contributed by atoms with Crippen LogP contribution in [0.15, 0.2) is 104 Å². The maximum absolute atomic E-state index is 14.7. The lowest BCUT2D eigenvalue weighted by molar-refractivity contribution is -0.133. The van der Waals surface area contributed by atoms with Gasteiger partial charge in [0.25, 0.3) is 0 Å². The normalized spacial score (nSPS) is 10.6. The third kappa shape index (κ3) is 6.29. The summed E-state index contributed by atoms with van der Waals surface area (Å²) in [4.78, 5) is 22.9. The van der Waals surface area contributed by atoms with Gasteiger partial charge in [0.05, 0.1) is 0 Å². The average molecular weight is 458 g/mol. The maximum Gasteiger partial charge on any atom is 0.338 e. The van der Waals surface area contributed by atoms with Crippen LogP contribution in [0.2, 0.25) is 0 Å². The van der Waals surface area contributed by atoms with Gasteiger partial charge in [-0.2, -0.15) is 0 Å². The van der Waals surface area contributed by atoms with E-state index < -0.39 is 17.8 Å². The van der Waals surface area contributed by atoms with Crippen LogP contribution in [0, 0.1) is 5.82 Å². The molecule has 0 unspecified atom stereocenters. The number of esters is 2. The molecule has 0 atom stereocenters. The number of benzene rings is 3. The van der Waals surface area contributed by atoms with Crippen LogP contribution in [0.1, 0.15) is 13.8 Å². The van der Waals surface area contributed by atoms with E-state index in [2.05, 4.69) is 13.2 Å². The Labute approximate surface area is 197 Å². The molecule has 0 spiro atoms. The van der Waals surface area contributed by atoms with Crippen LogP contribution in [-0.4, -0.2) is 11.9 Å². The monoisotopic (exact) mass is 458 g/mol. The second kappa shape index (κ2) is 10.9. The van der Waals surface area contributed by atoms with Crippen molar-refractivity contribution in [3.05, 3.63) is 109 Å².